The first-order chi connectivity index (χ1) is 8.75. The van der Waals surface area contributed by atoms with Gasteiger partial charge < -0.3 is 14.3 Å². The maximum atomic E-state index is 12.4. The number of carbonyl (C=O) groups excluding carboxylic acids is 2. The molecule has 3 heterocycles. The molecule has 0 spiro atoms. The average Bonchev–Trinajstić information content (AvgIpc) is 3.01. The molecule has 0 aromatic carbocycles. The molecule has 96 valence electrons. The normalized spacial score (nSPS) is 24.3. The van der Waals surface area contributed by atoms with Crippen LogP contribution in [-0.4, -0.2) is 45.9 Å². The largest absolute Gasteiger partial charge is 0.360 e. The van der Waals surface area contributed by atoms with Crippen molar-refractivity contribution in [3.8, 4) is 0 Å². The third-order valence-electron chi connectivity index (χ3n) is 3.60. The molecule has 1 atom stereocenters. The number of fused-ring (bicyclic) bond motifs is 1. The van der Waals surface area contributed by atoms with E-state index in [1.54, 1.807) is 22.1 Å². The predicted octanol–water partition coefficient (Wildman–Crippen LogP) is 0.398. The van der Waals surface area contributed by atoms with E-state index in [9.17, 15) is 9.59 Å². The molecule has 0 aliphatic carbocycles. The van der Waals surface area contributed by atoms with Gasteiger partial charge in [0.2, 0.25) is 11.8 Å². The second kappa shape index (κ2) is 4.44. The third-order valence-corrected chi connectivity index (χ3v) is 3.60. The van der Waals surface area contributed by atoms with Crippen molar-refractivity contribution in [1.82, 2.24) is 15.0 Å². The van der Waals surface area contributed by atoms with Crippen molar-refractivity contribution < 1.29 is 14.1 Å². The van der Waals surface area contributed by atoms with Gasteiger partial charge in [0.15, 0.2) is 5.76 Å². The highest BCUT2D eigenvalue weighted by Crippen LogP contribution is 2.24. The van der Waals surface area contributed by atoms with Crippen molar-refractivity contribution in [1.29, 1.82) is 0 Å². The fourth-order valence-corrected chi connectivity index (χ4v) is 2.69. The summed E-state index contributed by atoms with van der Waals surface area (Å²) in [6.45, 7) is 1.58. The van der Waals surface area contributed by atoms with Crippen molar-refractivity contribution >= 4 is 11.8 Å². The van der Waals surface area contributed by atoms with Gasteiger partial charge in [0.1, 0.15) is 6.04 Å². The van der Waals surface area contributed by atoms with E-state index in [1.165, 1.54) is 0 Å². The molecule has 1 unspecified atom stereocenters. The Morgan fingerprint density at radius 1 is 1.39 bits per heavy atom. The summed E-state index contributed by atoms with van der Waals surface area (Å²) >= 11 is 0. The van der Waals surface area contributed by atoms with E-state index in [-0.39, 0.29) is 17.9 Å². The van der Waals surface area contributed by atoms with Gasteiger partial charge in [-0.05, 0) is 12.8 Å². The van der Waals surface area contributed by atoms with Gasteiger partial charge in [0, 0.05) is 25.6 Å². The van der Waals surface area contributed by atoms with Crippen LogP contribution in [0.3, 0.4) is 0 Å². The van der Waals surface area contributed by atoms with Crippen LogP contribution in [0, 0.1) is 0 Å². The van der Waals surface area contributed by atoms with Crippen molar-refractivity contribution in [3.63, 3.8) is 0 Å². The van der Waals surface area contributed by atoms with Crippen molar-refractivity contribution in [2.75, 3.05) is 13.1 Å². The van der Waals surface area contributed by atoms with Gasteiger partial charge in [-0.25, -0.2) is 0 Å². The highest BCUT2D eigenvalue weighted by atomic mass is 16.5. The summed E-state index contributed by atoms with van der Waals surface area (Å²) in [4.78, 5) is 27.7. The Morgan fingerprint density at radius 2 is 2.28 bits per heavy atom. The maximum Gasteiger partial charge on any atom is 0.245 e. The van der Waals surface area contributed by atoms with E-state index in [0.29, 0.717) is 31.8 Å². The summed E-state index contributed by atoms with van der Waals surface area (Å²) in [5.41, 5.74) is 0. The molecule has 0 radical (unpaired) electrons. The summed E-state index contributed by atoms with van der Waals surface area (Å²) < 4.78 is 5.02. The molecular formula is C12H15N3O3. The van der Waals surface area contributed by atoms with Gasteiger partial charge in [0.25, 0.3) is 0 Å². The van der Waals surface area contributed by atoms with Gasteiger partial charge in [-0.2, -0.15) is 0 Å². The van der Waals surface area contributed by atoms with E-state index in [4.69, 9.17) is 4.52 Å². The fourth-order valence-electron chi connectivity index (χ4n) is 2.69. The number of carbonyl (C=O) groups is 2. The number of amides is 2. The molecule has 1 aromatic rings. The molecule has 0 saturated carbocycles. The van der Waals surface area contributed by atoms with Crippen LogP contribution in [0.1, 0.15) is 25.0 Å². The molecule has 2 amide bonds. The summed E-state index contributed by atoms with van der Waals surface area (Å²) in [6, 6.07) is 1.48. The number of nitrogens with zero attached hydrogens (tertiary/aromatic N) is 3. The van der Waals surface area contributed by atoms with Crippen molar-refractivity contribution in [2.45, 2.75) is 31.8 Å². The van der Waals surface area contributed by atoms with Gasteiger partial charge >= 0.3 is 0 Å². The third kappa shape index (κ3) is 1.87. The topological polar surface area (TPSA) is 66.7 Å². The first-order valence-electron chi connectivity index (χ1n) is 6.23. The molecule has 2 saturated heterocycles. The summed E-state index contributed by atoms with van der Waals surface area (Å²) in [5.74, 6) is 0.780. The van der Waals surface area contributed by atoms with Crippen LogP contribution in [0.5, 0.6) is 0 Å². The van der Waals surface area contributed by atoms with Crippen LogP contribution >= 0.6 is 0 Å². The molecule has 3 rings (SSSR count). The number of rotatable bonds is 2. The molecule has 0 N–H and O–H groups in total. The quantitative estimate of drug-likeness (QED) is 0.760. The van der Waals surface area contributed by atoms with E-state index < -0.39 is 0 Å². The zero-order chi connectivity index (χ0) is 12.5. The van der Waals surface area contributed by atoms with Gasteiger partial charge in [0.05, 0.1) is 12.7 Å². The van der Waals surface area contributed by atoms with Crippen LogP contribution in [0.4, 0.5) is 0 Å². The zero-order valence-corrected chi connectivity index (χ0v) is 10.0. The van der Waals surface area contributed by atoms with Crippen molar-refractivity contribution in [2.24, 2.45) is 0 Å². The Balaban J connectivity index is 1.79. The first kappa shape index (κ1) is 11.3. The average molecular weight is 249 g/mol. The van der Waals surface area contributed by atoms with Crippen LogP contribution in [0.2, 0.25) is 0 Å². The maximum absolute atomic E-state index is 12.4. The molecule has 6 heteroatoms. The van der Waals surface area contributed by atoms with E-state index in [2.05, 4.69) is 5.16 Å². The Labute approximate surface area is 105 Å². The molecule has 6 nitrogen and oxygen atoms in total. The lowest BCUT2D eigenvalue weighted by atomic mass is 10.2. The van der Waals surface area contributed by atoms with Crippen LogP contribution in [-0.2, 0) is 16.1 Å². The minimum Gasteiger partial charge on any atom is -0.360 e. The predicted molar refractivity (Wildman–Crippen MR) is 61.3 cm³/mol. The van der Waals surface area contributed by atoms with Gasteiger partial charge in [-0.3, -0.25) is 9.59 Å². The summed E-state index contributed by atoms with van der Waals surface area (Å²) in [5, 5.41) is 3.63. The second-order valence-electron chi connectivity index (χ2n) is 4.73. The highest BCUT2D eigenvalue weighted by molar-refractivity contribution is 5.90. The number of aromatic nitrogens is 1. The van der Waals surface area contributed by atoms with Crippen LogP contribution in [0.25, 0.3) is 0 Å². The zero-order valence-electron chi connectivity index (χ0n) is 10.0. The Kier molecular flexibility index (Phi) is 2.77. The molecule has 2 aliphatic heterocycles. The Hall–Kier alpha value is -1.85. The fraction of sp³-hybridized carbons (Fsp3) is 0.583. The standard InChI is InChI=1S/C12H15N3O3/c16-11-4-7-14(8-9-3-5-13-18-9)12(17)10-2-1-6-15(10)11/h3,5,10H,1-2,4,6-8H2. The van der Waals surface area contributed by atoms with Crippen LogP contribution < -0.4 is 0 Å². The number of hydrogen-bond acceptors (Lipinski definition) is 4. The SMILES string of the molecule is O=C1C2CCCN2C(=O)CCN1Cc1ccno1. The Bertz CT molecular complexity index is 457. The van der Waals surface area contributed by atoms with E-state index in [0.717, 1.165) is 12.8 Å². The lowest BCUT2D eigenvalue weighted by Crippen LogP contribution is -2.43. The molecule has 1 aromatic heterocycles. The molecular weight excluding hydrogens is 234 g/mol. The number of hydrogen-bond donors (Lipinski definition) is 0. The molecule has 0 bridgehead atoms. The summed E-state index contributed by atoms with van der Waals surface area (Å²) in [6.07, 6.45) is 3.65. The lowest BCUT2D eigenvalue weighted by Gasteiger charge is -2.24. The van der Waals surface area contributed by atoms with Gasteiger partial charge in [-0.15, -0.1) is 0 Å². The van der Waals surface area contributed by atoms with Crippen LogP contribution in [0.15, 0.2) is 16.8 Å². The van der Waals surface area contributed by atoms with E-state index >= 15 is 0 Å². The smallest absolute Gasteiger partial charge is 0.245 e. The minimum atomic E-state index is -0.261. The second-order valence-corrected chi connectivity index (χ2v) is 4.73. The monoisotopic (exact) mass is 249 g/mol. The molecule has 2 aliphatic rings. The van der Waals surface area contributed by atoms with Gasteiger partial charge in [-0.1, -0.05) is 5.16 Å². The highest BCUT2D eigenvalue weighted by Gasteiger charge is 2.39. The van der Waals surface area contributed by atoms with Crippen molar-refractivity contribution in [3.05, 3.63) is 18.0 Å². The lowest BCUT2D eigenvalue weighted by molar-refractivity contribution is -0.139. The van der Waals surface area contributed by atoms with E-state index in [1.807, 2.05) is 0 Å². The first-order valence-corrected chi connectivity index (χ1v) is 6.23. The Morgan fingerprint density at radius 3 is 3.06 bits per heavy atom. The molecule has 18 heavy (non-hydrogen) atoms. The minimum absolute atomic E-state index is 0.0368. The molecule has 2 fully saturated rings. The summed E-state index contributed by atoms with van der Waals surface area (Å²) in [7, 11) is 0.